The second kappa shape index (κ2) is 5.77. The molecule has 1 aromatic carbocycles. The van der Waals surface area contributed by atoms with Gasteiger partial charge in [0.05, 0.1) is 6.20 Å². The van der Waals surface area contributed by atoms with E-state index in [4.69, 9.17) is 11.6 Å². The molecule has 4 rings (SSSR count). The number of imidazole rings is 1. The average Bonchev–Trinajstić information content (AvgIpc) is 3.11. The van der Waals surface area contributed by atoms with Crippen LogP contribution in [0, 0.1) is 0 Å². The van der Waals surface area contributed by atoms with E-state index in [1.54, 1.807) is 18.2 Å². The van der Waals surface area contributed by atoms with Crippen LogP contribution in [-0.2, 0) is 6.42 Å². The predicted molar refractivity (Wildman–Crippen MR) is 89.4 cm³/mol. The Kier molecular flexibility index (Phi) is 3.68. The van der Waals surface area contributed by atoms with Crippen molar-refractivity contribution in [3.8, 4) is 0 Å². The van der Waals surface area contributed by atoms with Crippen molar-refractivity contribution in [2.24, 2.45) is 0 Å². The van der Waals surface area contributed by atoms with Crippen LogP contribution in [0.5, 0.6) is 0 Å². The summed E-state index contributed by atoms with van der Waals surface area (Å²) >= 11 is 6.02. The number of aromatic nitrogens is 3. The number of halogens is 3. The molecule has 3 aromatic rings. The van der Waals surface area contributed by atoms with Gasteiger partial charge in [-0.2, -0.15) is 0 Å². The van der Waals surface area contributed by atoms with Gasteiger partial charge in [0.25, 0.3) is 12.3 Å². The minimum Gasteiger partial charge on any atom is -0.304 e. The number of benzene rings is 1. The minimum absolute atomic E-state index is 0.137. The molecule has 0 spiro atoms. The number of amides is 1. The second-order valence-electron chi connectivity index (χ2n) is 5.95. The topological polar surface area (TPSA) is 50.5 Å². The molecule has 3 heterocycles. The maximum absolute atomic E-state index is 13.5. The van der Waals surface area contributed by atoms with E-state index in [0.717, 1.165) is 5.56 Å². The van der Waals surface area contributed by atoms with Crippen molar-refractivity contribution < 1.29 is 13.6 Å². The fraction of sp³-hybridized carbons (Fsp3) is 0.235. The highest BCUT2D eigenvalue weighted by molar-refractivity contribution is 6.30. The monoisotopic (exact) mass is 362 g/mol. The van der Waals surface area contributed by atoms with E-state index < -0.39 is 18.0 Å². The molecule has 1 amide bonds. The van der Waals surface area contributed by atoms with Gasteiger partial charge in [0.1, 0.15) is 11.4 Å². The van der Waals surface area contributed by atoms with Crippen molar-refractivity contribution in [3.63, 3.8) is 0 Å². The molecule has 25 heavy (non-hydrogen) atoms. The van der Waals surface area contributed by atoms with E-state index in [2.05, 4.69) is 9.97 Å². The summed E-state index contributed by atoms with van der Waals surface area (Å²) in [4.78, 5) is 22.5. The molecule has 0 bridgehead atoms. The molecule has 0 fully saturated rings. The number of hydrogen-bond donors (Lipinski definition) is 0. The van der Waals surface area contributed by atoms with Crippen molar-refractivity contribution >= 4 is 28.8 Å². The van der Waals surface area contributed by atoms with Crippen LogP contribution in [0.15, 0.2) is 36.8 Å². The first-order chi connectivity index (χ1) is 12.0. The van der Waals surface area contributed by atoms with Gasteiger partial charge in [0.15, 0.2) is 5.65 Å². The first kappa shape index (κ1) is 16.0. The molecule has 0 radical (unpaired) electrons. The lowest BCUT2D eigenvalue weighted by Gasteiger charge is -2.23. The van der Waals surface area contributed by atoms with Gasteiger partial charge < -0.3 is 4.90 Å². The normalized spacial score (nSPS) is 16.7. The molecule has 0 saturated heterocycles. The molecular weight excluding hydrogens is 350 g/mol. The van der Waals surface area contributed by atoms with Crippen molar-refractivity contribution in [1.82, 2.24) is 14.4 Å². The minimum atomic E-state index is -2.86. The fourth-order valence-electron chi connectivity index (χ4n) is 3.31. The quantitative estimate of drug-likeness (QED) is 0.694. The summed E-state index contributed by atoms with van der Waals surface area (Å²) < 4.78 is 28.3. The zero-order valence-electron chi connectivity index (χ0n) is 13.2. The zero-order chi connectivity index (χ0) is 17.7. The Balaban J connectivity index is 1.88. The van der Waals surface area contributed by atoms with Crippen molar-refractivity contribution in [2.75, 3.05) is 4.90 Å². The number of hydrogen-bond acceptors (Lipinski definition) is 3. The lowest BCUT2D eigenvalue weighted by atomic mass is 10.1. The summed E-state index contributed by atoms with van der Waals surface area (Å²) in [5, 5.41) is 0.578. The summed E-state index contributed by atoms with van der Waals surface area (Å²) in [6, 6.07) is 5.06. The third-order valence-electron chi connectivity index (χ3n) is 4.34. The Hall–Kier alpha value is -2.54. The van der Waals surface area contributed by atoms with Crippen LogP contribution in [0.3, 0.4) is 0 Å². The Bertz CT molecular complexity index is 988. The third-order valence-corrected chi connectivity index (χ3v) is 4.58. The molecule has 5 nitrogen and oxygen atoms in total. The van der Waals surface area contributed by atoms with Crippen LogP contribution in [0.4, 0.5) is 14.5 Å². The van der Waals surface area contributed by atoms with Gasteiger partial charge in [-0.15, -0.1) is 0 Å². The Morgan fingerprint density at radius 2 is 2.20 bits per heavy atom. The number of alkyl halides is 2. The summed E-state index contributed by atoms with van der Waals surface area (Å²) in [7, 11) is 0. The predicted octanol–water partition coefficient (Wildman–Crippen LogP) is 3.91. The van der Waals surface area contributed by atoms with Crippen molar-refractivity contribution in [2.45, 2.75) is 25.8 Å². The molecular formula is C17H13ClF2N4O. The molecule has 128 valence electrons. The standard InChI is InChI=1S/C17H13ClF2N4O/c1-9-6-10-7-11(18)2-3-12(10)24(9)17(25)15-14(16(19)20)22-13-8-21-4-5-23(13)15/h2-5,7-9,16H,6H2,1H3. The number of fused-ring (bicyclic) bond motifs is 2. The maximum atomic E-state index is 13.5. The van der Waals surface area contributed by atoms with E-state index in [1.807, 2.05) is 6.92 Å². The van der Waals surface area contributed by atoms with E-state index in [0.29, 0.717) is 17.1 Å². The SMILES string of the molecule is CC1Cc2cc(Cl)ccc2N1C(=O)c1c(C(F)F)nc2cnccn12. The first-order valence-corrected chi connectivity index (χ1v) is 8.07. The van der Waals surface area contributed by atoms with Crippen LogP contribution in [0.2, 0.25) is 5.02 Å². The van der Waals surface area contributed by atoms with Crippen LogP contribution in [0.1, 0.15) is 35.1 Å². The molecule has 2 aromatic heterocycles. The van der Waals surface area contributed by atoms with Gasteiger partial charge in [-0.25, -0.2) is 13.8 Å². The molecule has 8 heteroatoms. The van der Waals surface area contributed by atoms with Gasteiger partial charge in [0, 0.05) is 29.1 Å². The molecule has 1 unspecified atom stereocenters. The van der Waals surface area contributed by atoms with Crippen molar-refractivity contribution in [3.05, 3.63) is 58.8 Å². The Morgan fingerprint density at radius 1 is 1.40 bits per heavy atom. The highest BCUT2D eigenvalue weighted by Crippen LogP contribution is 2.36. The summed E-state index contributed by atoms with van der Waals surface area (Å²) in [5.41, 5.74) is 1.15. The molecule has 1 aliphatic rings. The molecule has 0 N–H and O–H groups in total. The molecule has 0 saturated carbocycles. The first-order valence-electron chi connectivity index (χ1n) is 7.69. The number of carbonyl (C=O) groups is 1. The highest BCUT2D eigenvalue weighted by atomic mass is 35.5. The summed E-state index contributed by atoms with van der Waals surface area (Å²) in [6.45, 7) is 1.87. The fourth-order valence-corrected chi connectivity index (χ4v) is 3.51. The van der Waals surface area contributed by atoms with Crippen LogP contribution >= 0.6 is 11.6 Å². The van der Waals surface area contributed by atoms with Gasteiger partial charge in [-0.1, -0.05) is 11.6 Å². The highest BCUT2D eigenvalue weighted by Gasteiger charge is 2.36. The van der Waals surface area contributed by atoms with Gasteiger partial charge in [0.2, 0.25) is 0 Å². The van der Waals surface area contributed by atoms with E-state index >= 15 is 0 Å². The Morgan fingerprint density at radius 3 is 2.96 bits per heavy atom. The molecule has 1 aliphatic heterocycles. The van der Waals surface area contributed by atoms with E-state index in [1.165, 1.54) is 27.9 Å². The van der Waals surface area contributed by atoms with Gasteiger partial charge >= 0.3 is 0 Å². The third kappa shape index (κ3) is 2.46. The second-order valence-corrected chi connectivity index (χ2v) is 6.39. The maximum Gasteiger partial charge on any atom is 0.282 e. The summed E-state index contributed by atoms with van der Waals surface area (Å²) in [5.74, 6) is -0.512. The molecule has 0 aliphatic carbocycles. The van der Waals surface area contributed by atoms with Crippen LogP contribution in [0.25, 0.3) is 5.65 Å². The van der Waals surface area contributed by atoms with Crippen LogP contribution in [-0.4, -0.2) is 26.3 Å². The summed E-state index contributed by atoms with van der Waals surface area (Å²) in [6.07, 6.45) is 2.00. The average molecular weight is 363 g/mol. The largest absolute Gasteiger partial charge is 0.304 e. The Labute approximate surface area is 146 Å². The van der Waals surface area contributed by atoms with Gasteiger partial charge in [-0.05, 0) is 37.1 Å². The van der Waals surface area contributed by atoms with E-state index in [-0.39, 0.29) is 17.4 Å². The van der Waals surface area contributed by atoms with Gasteiger partial charge in [-0.3, -0.25) is 14.2 Å². The lowest BCUT2D eigenvalue weighted by Crippen LogP contribution is -2.37. The number of nitrogens with zero attached hydrogens (tertiary/aromatic N) is 4. The smallest absolute Gasteiger partial charge is 0.282 e. The number of anilines is 1. The molecule has 1 atom stereocenters. The van der Waals surface area contributed by atoms with Crippen molar-refractivity contribution in [1.29, 1.82) is 0 Å². The zero-order valence-corrected chi connectivity index (χ0v) is 13.9. The number of rotatable bonds is 2. The van der Waals surface area contributed by atoms with Crippen LogP contribution < -0.4 is 4.90 Å². The lowest BCUT2D eigenvalue weighted by molar-refractivity contribution is 0.0959. The van der Waals surface area contributed by atoms with E-state index in [9.17, 15) is 13.6 Å². The number of carbonyl (C=O) groups excluding carboxylic acids is 1.